The molecule has 0 N–H and O–H groups in total. The van der Waals surface area contributed by atoms with E-state index in [1.54, 1.807) is 0 Å². The lowest BCUT2D eigenvalue weighted by Gasteiger charge is -2.02. The Labute approximate surface area is 128 Å². The van der Waals surface area contributed by atoms with E-state index >= 15 is 0 Å². The fourth-order valence-corrected chi connectivity index (χ4v) is 2.51. The van der Waals surface area contributed by atoms with Crippen molar-refractivity contribution >= 4 is 5.97 Å². The van der Waals surface area contributed by atoms with Gasteiger partial charge < -0.3 is 4.66 Å². The second kappa shape index (κ2) is 16.8. The summed E-state index contributed by atoms with van der Waals surface area (Å²) in [4.78, 5) is 10.9. The molecule has 0 aromatic carbocycles. The van der Waals surface area contributed by atoms with Gasteiger partial charge in [-0.1, -0.05) is 84.0 Å². The van der Waals surface area contributed by atoms with E-state index in [1.807, 2.05) is 0 Å². The first-order valence-corrected chi connectivity index (χ1v) is 8.89. The first-order chi connectivity index (χ1) is 9.81. The van der Waals surface area contributed by atoms with Crippen molar-refractivity contribution in [2.75, 3.05) is 0 Å². The normalized spacial score (nSPS) is 10.7. The fraction of sp³-hybridized carbons (Fsp3) is 0.938. The van der Waals surface area contributed by atoms with Gasteiger partial charge in [-0.2, -0.15) is 4.29 Å². The Balaban J connectivity index is 3.01. The summed E-state index contributed by atoms with van der Waals surface area (Å²) in [6.07, 6.45) is 17.1. The molecular weight excluding hydrogens is 276 g/mol. The van der Waals surface area contributed by atoms with Crippen molar-refractivity contribution in [1.29, 1.82) is 0 Å². The quantitative estimate of drug-likeness (QED) is 0.424. The Morgan fingerprint density at radius 1 is 0.800 bits per heavy atom. The van der Waals surface area contributed by atoms with Crippen molar-refractivity contribution in [3.63, 3.8) is 0 Å². The summed E-state index contributed by atoms with van der Waals surface area (Å²) < 4.78 is 14.1. The van der Waals surface area contributed by atoms with Crippen molar-refractivity contribution < 1.29 is 25.1 Å². The minimum absolute atomic E-state index is 0.319. The number of carbonyl (C=O) groups is 1. The Morgan fingerprint density at radius 2 is 1.20 bits per heavy atom. The van der Waals surface area contributed by atoms with Crippen LogP contribution in [0, 0.1) is 11.3 Å². The number of unbranched alkanes of at least 4 members (excludes halogenated alkanes) is 12. The van der Waals surface area contributed by atoms with Gasteiger partial charge in [-0.3, -0.25) is 0 Å². The lowest BCUT2D eigenvalue weighted by molar-refractivity contribution is -1.26. The van der Waals surface area contributed by atoms with Gasteiger partial charge >= 0.3 is 17.3 Å². The minimum atomic E-state index is -0.406. The van der Waals surface area contributed by atoms with Crippen LogP contribution in [0.25, 0.3) is 0 Å². The third-order valence-electron chi connectivity index (χ3n) is 3.60. The van der Waals surface area contributed by atoms with Crippen molar-refractivity contribution in [2.45, 2.75) is 96.8 Å². The SMILES string of the molecule is CCCCCCCCCCCCCCCC(=O)O[Cl+][O-]. The molecule has 0 amide bonds. The van der Waals surface area contributed by atoms with Crippen LogP contribution in [0.1, 0.15) is 96.8 Å². The van der Waals surface area contributed by atoms with Crippen LogP contribution in [0.5, 0.6) is 0 Å². The molecule has 120 valence electrons. The van der Waals surface area contributed by atoms with Gasteiger partial charge in [0.1, 0.15) is 0 Å². The predicted molar refractivity (Wildman–Crippen MR) is 76.4 cm³/mol. The average molecular weight is 307 g/mol. The zero-order chi connectivity index (χ0) is 14.9. The van der Waals surface area contributed by atoms with Gasteiger partial charge in [0.15, 0.2) is 0 Å². The molecule has 0 rings (SSSR count). The summed E-state index contributed by atoms with van der Waals surface area (Å²) in [6.45, 7) is 2.26. The highest BCUT2D eigenvalue weighted by molar-refractivity contribution is 5.68. The van der Waals surface area contributed by atoms with E-state index in [0.717, 1.165) is 12.8 Å². The van der Waals surface area contributed by atoms with E-state index in [0.29, 0.717) is 17.7 Å². The van der Waals surface area contributed by atoms with E-state index in [-0.39, 0.29) is 0 Å². The average Bonchev–Trinajstić information content (AvgIpc) is 2.44. The number of hydrogen-bond donors (Lipinski definition) is 0. The number of rotatable bonds is 15. The molecule has 0 saturated heterocycles. The lowest BCUT2D eigenvalue weighted by atomic mass is 10.0. The molecule has 0 aromatic rings. The van der Waals surface area contributed by atoms with E-state index in [4.69, 9.17) is 0 Å². The molecule has 0 heterocycles. The first-order valence-electron chi connectivity index (χ1n) is 8.28. The standard InChI is InChI=1S/C16H31ClO3/c1-2-3-4-5-6-7-8-9-10-11-12-13-14-15-16(18)20-17-19/h2-15H2,1H3. The fourth-order valence-electron chi connectivity index (χ4n) is 2.36. The maximum Gasteiger partial charge on any atom is 0.396 e. The molecule has 0 spiro atoms. The third-order valence-corrected chi connectivity index (χ3v) is 3.84. The van der Waals surface area contributed by atoms with Crippen LogP contribution in [0.4, 0.5) is 0 Å². The zero-order valence-electron chi connectivity index (χ0n) is 13.0. The molecule has 0 fully saturated rings. The second-order valence-corrected chi connectivity index (χ2v) is 5.79. The van der Waals surface area contributed by atoms with Crippen molar-refractivity contribution in [3.8, 4) is 0 Å². The predicted octanol–water partition coefficient (Wildman–Crippen LogP) is 4.29. The Bertz CT molecular complexity index is 210. The van der Waals surface area contributed by atoms with Gasteiger partial charge in [0.05, 0.1) is 6.42 Å². The van der Waals surface area contributed by atoms with Crippen molar-refractivity contribution in [2.24, 2.45) is 0 Å². The molecule has 0 aliphatic carbocycles. The lowest BCUT2D eigenvalue weighted by Crippen LogP contribution is -2.10. The maximum absolute atomic E-state index is 10.9. The smallest absolute Gasteiger partial charge is 0.396 e. The molecule has 3 nitrogen and oxygen atoms in total. The Morgan fingerprint density at radius 3 is 1.60 bits per heavy atom. The molecule has 0 saturated carbocycles. The van der Waals surface area contributed by atoms with E-state index in [9.17, 15) is 9.45 Å². The number of halogens is 1. The largest absolute Gasteiger partial charge is 0.495 e. The molecule has 0 aliphatic rings. The van der Waals surface area contributed by atoms with E-state index in [1.165, 1.54) is 70.6 Å². The van der Waals surface area contributed by atoms with Gasteiger partial charge in [0.25, 0.3) is 0 Å². The summed E-state index contributed by atoms with van der Waals surface area (Å²) in [5.74, 6) is -0.406. The van der Waals surface area contributed by atoms with E-state index < -0.39 is 5.97 Å². The highest BCUT2D eigenvalue weighted by Gasteiger charge is 2.07. The number of hydrogen-bond acceptors (Lipinski definition) is 3. The minimum Gasteiger partial charge on any atom is -0.495 e. The van der Waals surface area contributed by atoms with Gasteiger partial charge in [-0.25, -0.2) is 4.79 Å². The number of carbonyl (C=O) groups excluding carboxylic acids is 1. The monoisotopic (exact) mass is 306 g/mol. The van der Waals surface area contributed by atoms with Crippen LogP contribution in [0.3, 0.4) is 0 Å². The molecule has 0 aromatic heterocycles. The molecule has 0 radical (unpaired) electrons. The topological polar surface area (TPSA) is 49.4 Å². The summed E-state index contributed by atoms with van der Waals surface area (Å²) in [7, 11) is 0. The molecule has 0 atom stereocenters. The van der Waals surface area contributed by atoms with Gasteiger partial charge in [0.2, 0.25) is 0 Å². The summed E-state index contributed by atoms with van der Waals surface area (Å²) in [5.41, 5.74) is 0. The molecule has 4 heteroatoms. The zero-order valence-corrected chi connectivity index (χ0v) is 13.8. The van der Waals surface area contributed by atoms with Gasteiger partial charge in [-0.15, -0.1) is 0 Å². The summed E-state index contributed by atoms with van der Waals surface area (Å²) in [6, 6.07) is 0. The third kappa shape index (κ3) is 15.8. The van der Waals surface area contributed by atoms with Crippen LogP contribution in [-0.4, -0.2) is 5.97 Å². The Kier molecular flexibility index (Phi) is 16.5. The van der Waals surface area contributed by atoms with Gasteiger partial charge in [0, 0.05) is 0 Å². The molecule has 0 bridgehead atoms. The molecule has 20 heavy (non-hydrogen) atoms. The molecule has 0 aliphatic heterocycles. The molecular formula is C16H31ClO3. The van der Waals surface area contributed by atoms with Crippen molar-refractivity contribution in [1.82, 2.24) is 0 Å². The molecule has 0 unspecified atom stereocenters. The van der Waals surface area contributed by atoms with Gasteiger partial charge in [-0.05, 0) is 6.42 Å². The van der Waals surface area contributed by atoms with E-state index in [2.05, 4.69) is 11.2 Å². The first kappa shape index (κ1) is 19.7. The highest BCUT2D eigenvalue weighted by Crippen LogP contribution is 2.12. The van der Waals surface area contributed by atoms with Crippen LogP contribution in [0.2, 0.25) is 0 Å². The maximum atomic E-state index is 10.9. The summed E-state index contributed by atoms with van der Waals surface area (Å²) in [5, 5.41) is 0. The second-order valence-electron chi connectivity index (χ2n) is 5.50. The van der Waals surface area contributed by atoms with Crippen LogP contribution in [0.15, 0.2) is 0 Å². The summed E-state index contributed by atoms with van der Waals surface area (Å²) >= 11 is 0.319. The van der Waals surface area contributed by atoms with Crippen LogP contribution >= 0.6 is 0 Å². The van der Waals surface area contributed by atoms with Crippen molar-refractivity contribution in [3.05, 3.63) is 0 Å². The Hall–Kier alpha value is -0.280. The van der Waals surface area contributed by atoms with Crippen LogP contribution < -0.4 is 4.66 Å². The van der Waals surface area contributed by atoms with Crippen LogP contribution in [-0.2, 0) is 9.08 Å². The highest BCUT2D eigenvalue weighted by atomic mass is 35.6.